The maximum Gasteiger partial charge on any atom is 0.231 e. The minimum absolute atomic E-state index is 0.0453. The van der Waals surface area contributed by atoms with Crippen LogP contribution in [0.5, 0.6) is 0 Å². The van der Waals surface area contributed by atoms with Crippen molar-refractivity contribution >= 4 is 33.3 Å². The number of anilines is 1. The Bertz CT molecular complexity index is 813. The number of carbonyl (C=O) groups excluding carboxylic acids is 1. The third-order valence-electron chi connectivity index (χ3n) is 3.77. The summed E-state index contributed by atoms with van der Waals surface area (Å²) in [6.07, 6.45) is 0.610. The first kappa shape index (κ1) is 15.6. The fourth-order valence-electron chi connectivity index (χ4n) is 2.50. The second-order valence-corrected chi connectivity index (χ2v) is 6.27. The van der Waals surface area contributed by atoms with Crippen LogP contribution in [0.1, 0.15) is 23.5 Å². The van der Waals surface area contributed by atoms with E-state index < -0.39 is 0 Å². The number of hydrogen-bond acceptors (Lipinski definition) is 5. The van der Waals surface area contributed by atoms with Crippen LogP contribution in [0.15, 0.2) is 42.5 Å². The van der Waals surface area contributed by atoms with Crippen molar-refractivity contribution < 1.29 is 4.79 Å². The molecule has 0 radical (unpaired) electrons. The SMILES string of the molecule is Cc1ccc([C@@H](CCN)C(=O)Nc2ccc3nnsc3c2)cc1. The molecule has 3 rings (SSSR count). The molecule has 0 aliphatic heterocycles. The smallest absolute Gasteiger partial charge is 0.231 e. The zero-order valence-corrected chi connectivity index (χ0v) is 13.6. The highest BCUT2D eigenvalue weighted by Gasteiger charge is 2.20. The summed E-state index contributed by atoms with van der Waals surface area (Å²) in [5.74, 6) is -0.299. The molecule has 2 aromatic carbocycles. The van der Waals surface area contributed by atoms with Crippen molar-refractivity contribution in [3.63, 3.8) is 0 Å². The molecule has 0 unspecified atom stereocenters. The van der Waals surface area contributed by atoms with Crippen molar-refractivity contribution in [3.8, 4) is 0 Å². The van der Waals surface area contributed by atoms with E-state index in [2.05, 4.69) is 14.9 Å². The predicted molar refractivity (Wildman–Crippen MR) is 93.6 cm³/mol. The zero-order valence-electron chi connectivity index (χ0n) is 12.8. The van der Waals surface area contributed by atoms with E-state index in [1.54, 1.807) is 0 Å². The first-order valence-electron chi connectivity index (χ1n) is 7.47. The van der Waals surface area contributed by atoms with E-state index in [1.807, 2.05) is 49.4 Å². The fraction of sp³-hybridized carbons (Fsp3) is 0.235. The van der Waals surface area contributed by atoms with Gasteiger partial charge in [0, 0.05) is 5.69 Å². The van der Waals surface area contributed by atoms with Gasteiger partial charge in [-0.25, -0.2) is 0 Å². The normalized spacial score (nSPS) is 12.3. The molecule has 1 heterocycles. The Morgan fingerprint density at radius 1 is 1.26 bits per heavy atom. The molecule has 23 heavy (non-hydrogen) atoms. The van der Waals surface area contributed by atoms with Gasteiger partial charge in [0.05, 0.1) is 10.6 Å². The summed E-state index contributed by atoms with van der Waals surface area (Å²) in [5.41, 5.74) is 9.44. The molecule has 3 N–H and O–H groups in total. The largest absolute Gasteiger partial charge is 0.330 e. The van der Waals surface area contributed by atoms with Gasteiger partial charge in [-0.3, -0.25) is 4.79 Å². The highest BCUT2D eigenvalue weighted by Crippen LogP contribution is 2.24. The van der Waals surface area contributed by atoms with Crippen LogP contribution in [-0.2, 0) is 4.79 Å². The molecule has 0 saturated carbocycles. The Morgan fingerprint density at radius 3 is 2.78 bits per heavy atom. The summed E-state index contributed by atoms with van der Waals surface area (Å²) in [6, 6.07) is 13.6. The van der Waals surface area contributed by atoms with E-state index in [0.29, 0.717) is 13.0 Å². The molecular formula is C17H18N4OS. The van der Waals surface area contributed by atoms with Gasteiger partial charge in [-0.15, -0.1) is 5.10 Å². The average Bonchev–Trinajstić information content (AvgIpc) is 3.01. The highest BCUT2D eigenvalue weighted by molar-refractivity contribution is 7.12. The number of rotatable bonds is 5. The van der Waals surface area contributed by atoms with Gasteiger partial charge in [0.1, 0.15) is 5.52 Å². The molecule has 1 amide bonds. The van der Waals surface area contributed by atoms with Gasteiger partial charge in [-0.05, 0) is 55.2 Å². The number of carbonyl (C=O) groups is 1. The zero-order chi connectivity index (χ0) is 16.2. The molecule has 5 nitrogen and oxygen atoms in total. The van der Waals surface area contributed by atoms with Gasteiger partial charge in [0.15, 0.2) is 0 Å². The van der Waals surface area contributed by atoms with Gasteiger partial charge in [0.25, 0.3) is 0 Å². The van der Waals surface area contributed by atoms with Crippen LogP contribution in [-0.4, -0.2) is 22.0 Å². The molecule has 0 fully saturated rings. The summed E-state index contributed by atoms with van der Waals surface area (Å²) in [5, 5.41) is 6.98. The molecule has 0 bridgehead atoms. The first-order valence-corrected chi connectivity index (χ1v) is 8.24. The van der Waals surface area contributed by atoms with Gasteiger partial charge >= 0.3 is 0 Å². The van der Waals surface area contributed by atoms with Crippen molar-refractivity contribution in [3.05, 3.63) is 53.6 Å². The van der Waals surface area contributed by atoms with Gasteiger partial charge in [-0.2, -0.15) is 0 Å². The van der Waals surface area contributed by atoms with Gasteiger partial charge < -0.3 is 11.1 Å². The number of amides is 1. The number of nitrogens with zero attached hydrogens (tertiary/aromatic N) is 2. The van der Waals surface area contributed by atoms with E-state index in [9.17, 15) is 4.79 Å². The van der Waals surface area contributed by atoms with Crippen LogP contribution in [0.2, 0.25) is 0 Å². The Balaban J connectivity index is 1.81. The molecule has 6 heteroatoms. The quantitative estimate of drug-likeness (QED) is 0.755. The summed E-state index contributed by atoms with van der Waals surface area (Å²) < 4.78 is 4.86. The summed E-state index contributed by atoms with van der Waals surface area (Å²) in [4.78, 5) is 12.7. The van der Waals surface area contributed by atoms with Crippen LogP contribution < -0.4 is 11.1 Å². The number of aromatic nitrogens is 2. The Hall–Kier alpha value is -2.31. The number of aryl methyl sites for hydroxylation is 1. The molecule has 1 atom stereocenters. The standard InChI is InChI=1S/C17H18N4OS/c1-11-2-4-12(5-3-11)14(8-9-18)17(22)19-13-6-7-15-16(10-13)23-21-20-15/h2-7,10,14H,8-9,18H2,1H3,(H,19,22)/t14-/m1/s1. The third-order valence-corrected chi connectivity index (χ3v) is 4.45. The van der Waals surface area contributed by atoms with Crippen molar-refractivity contribution in [1.82, 2.24) is 9.59 Å². The third kappa shape index (κ3) is 3.55. The lowest BCUT2D eigenvalue weighted by molar-refractivity contribution is -0.117. The number of benzene rings is 2. The van der Waals surface area contributed by atoms with Crippen LogP contribution in [0.3, 0.4) is 0 Å². The summed E-state index contributed by atoms with van der Waals surface area (Å²) in [6.45, 7) is 2.49. The maximum absolute atomic E-state index is 12.7. The molecule has 0 aliphatic rings. The van der Waals surface area contributed by atoms with Crippen molar-refractivity contribution in [1.29, 1.82) is 0 Å². The molecule has 3 aromatic rings. The van der Waals surface area contributed by atoms with Crippen LogP contribution in [0.25, 0.3) is 10.2 Å². The molecular weight excluding hydrogens is 308 g/mol. The van der Waals surface area contributed by atoms with E-state index in [4.69, 9.17) is 5.73 Å². The van der Waals surface area contributed by atoms with Crippen LogP contribution in [0.4, 0.5) is 5.69 Å². The Morgan fingerprint density at radius 2 is 2.04 bits per heavy atom. The second-order valence-electron chi connectivity index (χ2n) is 5.49. The minimum Gasteiger partial charge on any atom is -0.330 e. The number of hydrogen-bond donors (Lipinski definition) is 2. The summed E-state index contributed by atoms with van der Waals surface area (Å²) >= 11 is 1.31. The Labute approximate surface area is 138 Å². The predicted octanol–water partition coefficient (Wildman–Crippen LogP) is 3.07. The Kier molecular flexibility index (Phi) is 4.64. The number of nitrogens with one attached hydrogen (secondary N) is 1. The van der Waals surface area contributed by atoms with E-state index >= 15 is 0 Å². The molecule has 1 aromatic heterocycles. The maximum atomic E-state index is 12.7. The van der Waals surface area contributed by atoms with Gasteiger partial charge in [-0.1, -0.05) is 34.3 Å². The monoisotopic (exact) mass is 326 g/mol. The van der Waals surface area contributed by atoms with Crippen LogP contribution in [0, 0.1) is 6.92 Å². The minimum atomic E-state index is -0.254. The molecule has 0 saturated heterocycles. The second kappa shape index (κ2) is 6.85. The highest BCUT2D eigenvalue weighted by atomic mass is 32.1. The van der Waals surface area contributed by atoms with Crippen molar-refractivity contribution in [2.45, 2.75) is 19.3 Å². The van der Waals surface area contributed by atoms with Crippen LogP contribution >= 0.6 is 11.5 Å². The molecule has 0 aliphatic carbocycles. The lowest BCUT2D eigenvalue weighted by Crippen LogP contribution is -2.23. The molecule has 118 valence electrons. The number of fused-ring (bicyclic) bond motifs is 1. The lowest BCUT2D eigenvalue weighted by atomic mass is 9.94. The van der Waals surface area contributed by atoms with Crippen molar-refractivity contribution in [2.24, 2.45) is 5.73 Å². The van der Waals surface area contributed by atoms with Gasteiger partial charge in [0.2, 0.25) is 5.91 Å². The van der Waals surface area contributed by atoms with E-state index in [1.165, 1.54) is 17.1 Å². The van der Waals surface area contributed by atoms with E-state index in [0.717, 1.165) is 21.5 Å². The topological polar surface area (TPSA) is 80.9 Å². The molecule has 0 spiro atoms. The fourth-order valence-corrected chi connectivity index (χ4v) is 3.10. The van der Waals surface area contributed by atoms with E-state index in [-0.39, 0.29) is 11.8 Å². The summed E-state index contributed by atoms with van der Waals surface area (Å²) in [7, 11) is 0. The number of nitrogens with two attached hydrogens (primary N) is 1. The first-order chi connectivity index (χ1) is 11.2. The lowest BCUT2D eigenvalue weighted by Gasteiger charge is -2.17. The van der Waals surface area contributed by atoms with Crippen molar-refractivity contribution in [2.75, 3.05) is 11.9 Å². The average molecular weight is 326 g/mol.